The third kappa shape index (κ3) is 5.35. The zero-order chi connectivity index (χ0) is 24.6. The number of benzene rings is 1. The van der Waals surface area contributed by atoms with Crippen LogP contribution in [0.5, 0.6) is 5.75 Å². The molecule has 2 saturated heterocycles. The molecule has 0 unspecified atom stereocenters. The molecule has 0 radical (unpaired) electrons. The molecule has 0 spiro atoms. The molecular formula is C23H27F3N4O4. The topological polar surface area (TPSA) is 94.5 Å². The summed E-state index contributed by atoms with van der Waals surface area (Å²) in [5, 5.41) is 10.0. The van der Waals surface area contributed by atoms with Gasteiger partial charge in [0.2, 0.25) is 11.8 Å². The van der Waals surface area contributed by atoms with Gasteiger partial charge in [0.05, 0.1) is 29.9 Å². The minimum atomic E-state index is -4.81. The zero-order valence-electron chi connectivity index (χ0n) is 19.1. The number of aromatic nitrogens is 2. The summed E-state index contributed by atoms with van der Waals surface area (Å²) >= 11 is 0. The number of anilines is 1. The number of nitrogens with one attached hydrogen (secondary N) is 2. The van der Waals surface area contributed by atoms with Gasteiger partial charge in [-0.15, -0.1) is 13.2 Å². The Labute approximate surface area is 194 Å². The molecule has 11 heteroatoms. The summed E-state index contributed by atoms with van der Waals surface area (Å²) in [4.78, 5) is 24.6. The number of hydrogen-bond donors (Lipinski definition) is 2. The molecule has 2 N–H and O–H groups in total. The van der Waals surface area contributed by atoms with E-state index >= 15 is 0 Å². The lowest BCUT2D eigenvalue weighted by atomic mass is 9.97. The van der Waals surface area contributed by atoms with Crippen molar-refractivity contribution < 1.29 is 32.2 Å². The van der Waals surface area contributed by atoms with E-state index in [1.165, 1.54) is 18.2 Å². The van der Waals surface area contributed by atoms with Crippen LogP contribution in [-0.4, -0.2) is 46.7 Å². The maximum Gasteiger partial charge on any atom is 0.573 e. The third-order valence-corrected chi connectivity index (χ3v) is 6.22. The summed E-state index contributed by atoms with van der Waals surface area (Å²) in [5.41, 5.74) is 1.01. The maximum absolute atomic E-state index is 12.8. The van der Waals surface area contributed by atoms with Gasteiger partial charge in [0, 0.05) is 24.1 Å². The highest BCUT2D eigenvalue weighted by Crippen LogP contribution is 2.36. The fourth-order valence-corrected chi connectivity index (χ4v) is 4.64. The van der Waals surface area contributed by atoms with Gasteiger partial charge in [0.25, 0.3) is 0 Å². The maximum atomic E-state index is 12.8. The Morgan fingerprint density at radius 3 is 2.53 bits per heavy atom. The average molecular weight is 480 g/mol. The molecule has 2 fully saturated rings. The number of hydrogen-bond acceptors (Lipinski definition) is 5. The zero-order valence-corrected chi connectivity index (χ0v) is 19.1. The molecule has 0 bridgehead atoms. The number of carbonyl (C=O) groups excluding carboxylic acids is 2. The first-order chi connectivity index (χ1) is 16.0. The highest BCUT2D eigenvalue weighted by molar-refractivity contribution is 5.97. The Kier molecular flexibility index (Phi) is 6.57. The fraction of sp³-hybridized carbons (Fsp3) is 0.522. The van der Waals surface area contributed by atoms with E-state index < -0.39 is 18.2 Å². The van der Waals surface area contributed by atoms with Gasteiger partial charge in [0.1, 0.15) is 5.75 Å². The van der Waals surface area contributed by atoms with Crippen LogP contribution >= 0.6 is 0 Å². The summed E-state index contributed by atoms with van der Waals surface area (Å²) in [5.74, 6) is -1.60. The first kappa shape index (κ1) is 24.1. The lowest BCUT2D eigenvalue weighted by Crippen LogP contribution is -2.32. The van der Waals surface area contributed by atoms with E-state index in [1.807, 2.05) is 13.8 Å². The van der Waals surface area contributed by atoms with Gasteiger partial charge in [-0.25, -0.2) is 0 Å². The van der Waals surface area contributed by atoms with Crippen LogP contribution in [0.4, 0.5) is 19.0 Å². The van der Waals surface area contributed by atoms with Gasteiger partial charge in [-0.2, -0.15) is 5.10 Å². The van der Waals surface area contributed by atoms with Crippen LogP contribution in [0.15, 0.2) is 30.3 Å². The van der Waals surface area contributed by atoms with Gasteiger partial charge in [-0.1, -0.05) is 19.1 Å². The lowest BCUT2D eigenvalue weighted by Gasteiger charge is -2.33. The van der Waals surface area contributed by atoms with E-state index in [0.29, 0.717) is 24.1 Å². The number of rotatable bonds is 5. The second-order valence-electron chi connectivity index (χ2n) is 8.95. The van der Waals surface area contributed by atoms with E-state index in [-0.39, 0.29) is 48.2 Å². The Morgan fingerprint density at radius 2 is 1.91 bits per heavy atom. The molecule has 1 aromatic heterocycles. The van der Waals surface area contributed by atoms with Crippen molar-refractivity contribution in [3.05, 3.63) is 30.3 Å². The molecule has 2 aliphatic heterocycles. The van der Waals surface area contributed by atoms with Crippen LogP contribution in [0.3, 0.4) is 0 Å². The smallest absolute Gasteiger partial charge is 0.406 e. The third-order valence-electron chi connectivity index (χ3n) is 6.22. The van der Waals surface area contributed by atoms with Crippen LogP contribution < -0.4 is 15.4 Å². The number of carbonyl (C=O) groups is 2. The van der Waals surface area contributed by atoms with Gasteiger partial charge in [-0.3, -0.25) is 14.3 Å². The number of alkyl halides is 3. The minimum absolute atomic E-state index is 0.0276. The van der Waals surface area contributed by atoms with Crippen molar-refractivity contribution >= 4 is 17.6 Å². The summed E-state index contributed by atoms with van der Waals surface area (Å²) in [6, 6.07) is 7.20. The molecular weight excluding hydrogens is 453 g/mol. The monoisotopic (exact) mass is 480 g/mol. The standard InChI is InChI=1S/C23H27F3N4O4/c1-12-7-16(8-13(2)33-12)30-19(15-5-4-6-17(9-15)34-23(24,25)26)10-20(29-30)28-22(32)18-11-27-21(31)14(18)3/h4-6,9-10,12-14,16,18H,7-8,11H2,1-3H3,(H,27,31)(H,28,29,32)/t12-,13+,14-,16+,18+/m1/s1. The number of nitrogens with zero attached hydrogens (tertiary/aromatic N) is 2. The van der Waals surface area contributed by atoms with Crippen molar-refractivity contribution in [2.75, 3.05) is 11.9 Å². The van der Waals surface area contributed by atoms with Crippen molar-refractivity contribution in [2.24, 2.45) is 11.8 Å². The molecule has 1 aromatic carbocycles. The molecule has 5 atom stereocenters. The molecule has 2 amide bonds. The molecule has 8 nitrogen and oxygen atoms in total. The lowest BCUT2D eigenvalue weighted by molar-refractivity contribution is -0.274. The van der Waals surface area contributed by atoms with Gasteiger partial charge >= 0.3 is 6.36 Å². The van der Waals surface area contributed by atoms with Crippen molar-refractivity contribution in [1.29, 1.82) is 0 Å². The highest BCUT2D eigenvalue weighted by Gasteiger charge is 2.37. The number of ether oxygens (including phenoxy) is 2. The largest absolute Gasteiger partial charge is 0.573 e. The predicted molar refractivity (Wildman–Crippen MR) is 117 cm³/mol. The van der Waals surface area contributed by atoms with E-state index in [0.717, 1.165) is 0 Å². The van der Waals surface area contributed by atoms with Crippen LogP contribution in [0.25, 0.3) is 11.3 Å². The molecule has 2 aliphatic rings. The van der Waals surface area contributed by atoms with E-state index in [2.05, 4.69) is 20.5 Å². The minimum Gasteiger partial charge on any atom is -0.406 e. The molecule has 0 aliphatic carbocycles. The fourth-order valence-electron chi connectivity index (χ4n) is 4.64. The number of amides is 2. The Hall–Kier alpha value is -3.08. The van der Waals surface area contributed by atoms with Crippen LogP contribution in [0.1, 0.15) is 39.7 Å². The molecule has 4 rings (SSSR count). The van der Waals surface area contributed by atoms with Crippen molar-refractivity contribution in [3.8, 4) is 17.0 Å². The Morgan fingerprint density at radius 1 is 1.21 bits per heavy atom. The molecule has 3 heterocycles. The second kappa shape index (κ2) is 9.28. The van der Waals surface area contributed by atoms with Crippen LogP contribution in [0.2, 0.25) is 0 Å². The van der Waals surface area contributed by atoms with E-state index in [1.54, 1.807) is 23.7 Å². The summed E-state index contributed by atoms with van der Waals surface area (Å²) in [7, 11) is 0. The van der Waals surface area contributed by atoms with E-state index in [9.17, 15) is 22.8 Å². The van der Waals surface area contributed by atoms with Crippen LogP contribution in [-0.2, 0) is 14.3 Å². The first-order valence-electron chi connectivity index (χ1n) is 11.2. The Bertz CT molecular complexity index is 1060. The van der Waals surface area contributed by atoms with E-state index in [4.69, 9.17) is 4.74 Å². The normalized spacial score (nSPS) is 27.4. The molecule has 2 aromatic rings. The number of halogens is 3. The van der Waals surface area contributed by atoms with Gasteiger partial charge < -0.3 is 20.1 Å². The molecule has 184 valence electrons. The quantitative estimate of drug-likeness (QED) is 0.677. The summed E-state index contributed by atoms with van der Waals surface area (Å²) < 4.78 is 49.9. The van der Waals surface area contributed by atoms with Crippen molar-refractivity contribution in [1.82, 2.24) is 15.1 Å². The van der Waals surface area contributed by atoms with Gasteiger partial charge in [-0.05, 0) is 38.8 Å². The first-order valence-corrected chi connectivity index (χ1v) is 11.2. The van der Waals surface area contributed by atoms with Crippen LogP contribution in [0, 0.1) is 11.8 Å². The highest BCUT2D eigenvalue weighted by atomic mass is 19.4. The predicted octanol–water partition coefficient (Wildman–Crippen LogP) is 3.90. The van der Waals surface area contributed by atoms with Gasteiger partial charge in [0.15, 0.2) is 5.82 Å². The average Bonchev–Trinajstić information content (AvgIpc) is 3.30. The molecule has 0 saturated carbocycles. The summed E-state index contributed by atoms with van der Waals surface area (Å²) in [6.45, 7) is 5.84. The molecule has 34 heavy (non-hydrogen) atoms. The van der Waals surface area contributed by atoms with Crippen molar-refractivity contribution in [3.63, 3.8) is 0 Å². The SMILES string of the molecule is C[C@@H]1C[C@H](n2nc(NC(=O)[C@H]3CNC(=O)[C@@H]3C)cc2-c2cccc(OC(F)(F)F)c2)C[C@H](C)O1. The second-order valence-corrected chi connectivity index (χ2v) is 8.95. The summed E-state index contributed by atoms with van der Waals surface area (Å²) in [6.07, 6.45) is -3.56. The van der Waals surface area contributed by atoms with Crippen molar-refractivity contribution in [2.45, 2.75) is 58.2 Å². The Balaban J connectivity index is 1.67.